The highest BCUT2D eigenvalue weighted by Gasteiger charge is 2.26. The number of hydrogen-bond acceptors (Lipinski definition) is 3. The molecule has 0 unspecified atom stereocenters. The summed E-state index contributed by atoms with van der Waals surface area (Å²) < 4.78 is 6.00. The van der Waals surface area contributed by atoms with Crippen molar-refractivity contribution in [2.75, 3.05) is 4.90 Å². The number of aryl methyl sites for hydroxylation is 1. The molecule has 3 nitrogen and oxygen atoms in total. The average molecular weight is 274 g/mol. The van der Waals surface area contributed by atoms with Crippen LogP contribution in [0.2, 0.25) is 0 Å². The minimum atomic E-state index is 0.848. The zero-order valence-electron chi connectivity index (χ0n) is 11.7. The highest BCUT2D eigenvalue weighted by Crippen LogP contribution is 2.49. The molecule has 4 rings (SSSR count). The molecule has 3 aromatic rings. The Morgan fingerprint density at radius 2 is 1.43 bits per heavy atom. The van der Waals surface area contributed by atoms with Gasteiger partial charge in [-0.05, 0) is 42.8 Å². The van der Waals surface area contributed by atoms with Crippen molar-refractivity contribution < 1.29 is 4.74 Å². The van der Waals surface area contributed by atoms with Gasteiger partial charge in [-0.15, -0.1) is 0 Å². The summed E-state index contributed by atoms with van der Waals surface area (Å²) in [6.45, 7) is 2.07. The number of ether oxygens (including phenoxy) is 1. The Balaban J connectivity index is 2.00. The van der Waals surface area contributed by atoms with E-state index in [0.717, 1.165) is 34.3 Å². The predicted molar refractivity (Wildman–Crippen MR) is 83.7 cm³/mol. The van der Waals surface area contributed by atoms with Crippen LogP contribution in [0.3, 0.4) is 0 Å². The molecule has 0 bridgehead atoms. The van der Waals surface area contributed by atoms with Crippen molar-refractivity contribution in [3.05, 3.63) is 72.4 Å². The summed E-state index contributed by atoms with van der Waals surface area (Å²) in [4.78, 5) is 6.73. The quantitative estimate of drug-likeness (QED) is 0.490. The molecule has 1 aliphatic heterocycles. The van der Waals surface area contributed by atoms with E-state index in [1.807, 2.05) is 48.7 Å². The predicted octanol–water partition coefficient (Wildman–Crippen LogP) is 4.97. The lowest BCUT2D eigenvalue weighted by molar-refractivity contribution is 0.476. The molecule has 2 aromatic carbocycles. The molecule has 3 heteroatoms. The number of benzene rings is 2. The Kier molecular flexibility index (Phi) is 2.64. The molecule has 1 aromatic heterocycles. The van der Waals surface area contributed by atoms with Gasteiger partial charge in [-0.2, -0.15) is 0 Å². The first-order valence-electron chi connectivity index (χ1n) is 6.92. The number of fused-ring (bicyclic) bond motifs is 2. The van der Waals surface area contributed by atoms with Gasteiger partial charge in [-0.25, -0.2) is 4.98 Å². The van der Waals surface area contributed by atoms with E-state index in [0.29, 0.717) is 0 Å². The Labute approximate surface area is 123 Å². The van der Waals surface area contributed by atoms with Crippen molar-refractivity contribution in [2.45, 2.75) is 6.92 Å². The van der Waals surface area contributed by atoms with Gasteiger partial charge < -0.3 is 4.74 Å². The summed E-state index contributed by atoms with van der Waals surface area (Å²) in [5, 5.41) is 0. The third kappa shape index (κ3) is 1.86. The standard InChI is InChI=1S/C18H14N2O/c1-13-7-6-12-19-18(13)20-14-8-2-4-10-16(14)21-17-11-5-3-9-15(17)20/h2-12H,1H3. The number of para-hydroxylation sites is 4. The number of hydrogen-bond donors (Lipinski definition) is 0. The second-order valence-electron chi connectivity index (χ2n) is 5.02. The van der Waals surface area contributed by atoms with Crippen molar-refractivity contribution in [1.29, 1.82) is 0 Å². The minimum Gasteiger partial charge on any atom is -0.453 e. The second-order valence-corrected chi connectivity index (χ2v) is 5.02. The molecule has 0 N–H and O–H groups in total. The summed E-state index contributed by atoms with van der Waals surface area (Å²) in [6.07, 6.45) is 1.82. The molecule has 0 saturated carbocycles. The molecular weight excluding hydrogens is 260 g/mol. The van der Waals surface area contributed by atoms with Crippen LogP contribution in [0.1, 0.15) is 5.56 Å². The normalized spacial score (nSPS) is 12.3. The second kappa shape index (κ2) is 4.63. The van der Waals surface area contributed by atoms with Crippen LogP contribution < -0.4 is 9.64 Å². The fourth-order valence-corrected chi connectivity index (χ4v) is 2.64. The van der Waals surface area contributed by atoms with E-state index in [1.165, 1.54) is 0 Å². The van der Waals surface area contributed by atoms with Crippen LogP contribution in [0.25, 0.3) is 0 Å². The summed E-state index contributed by atoms with van der Waals surface area (Å²) in [5.41, 5.74) is 3.15. The Morgan fingerprint density at radius 3 is 2.05 bits per heavy atom. The third-order valence-corrected chi connectivity index (χ3v) is 3.63. The van der Waals surface area contributed by atoms with Crippen molar-refractivity contribution in [3.63, 3.8) is 0 Å². The summed E-state index contributed by atoms with van der Waals surface area (Å²) in [7, 11) is 0. The molecule has 0 spiro atoms. The maximum atomic E-state index is 6.00. The monoisotopic (exact) mass is 274 g/mol. The lowest BCUT2D eigenvalue weighted by Gasteiger charge is -2.32. The molecule has 2 heterocycles. The fraction of sp³-hybridized carbons (Fsp3) is 0.0556. The number of rotatable bonds is 1. The first-order chi connectivity index (χ1) is 10.3. The van der Waals surface area contributed by atoms with Gasteiger partial charge >= 0.3 is 0 Å². The van der Waals surface area contributed by atoms with Crippen LogP contribution in [0.4, 0.5) is 17.2 Å². The maximum absolute atomic E-state index is 6.00. The Hall–Kier alpha value is -2.81. The molecule has 0 fully saturated rings. The largest absolute Gasteiger partial charge is 0.453 e. The van der Waals surface area contributed by atoms with Crippen LogP contribution >= 0.6 is 0 Å². The molecule has 0 saturated heterocycles. The van der Waals surface area contributed by atoms with Crippen molar-refractivity contribution >= 4 is 17.2 Å². The van der Waals surface area contributed by atoms with Gasteiger partial charge in [-0.3, -0.25) is 4.90 Å². The van der Waals surface area contributed by atoms with E-state index < -0.39 is 0 Å². The van der Waals surface area contributed by atoms with E-state index >= 15 is 0 Å². The highest BCUT2D eigenvalue weighted by atomic mass is 16.5. The van der Waals surface area contributed by atoms with Crippen molar-refractivity contribution in [1.82, 2.24) is 4.98 Å². The summed E-state index contributed by atoms with van der Waals surface area (Å²) in [6, 6.07) is 20.1. The van der Waals surface area contributed by atoms with Crippen LogP contribution in [0, 0.1) is 6.92 Å². The molecule has 21 heavy (non-hydrogen) atoms. The first kappa shape index (κ1) is 12.0. The molecule has 1 aliphatic rings. The molecular formula is C18H14N2O. The Bertz CT molecular complexity index is 753. The topological polar surface area (TPSA) is 25.4 Å². The number of pyridine rings is 1. The molecule has 102 valence electrons. The first-order valence-corrected chi connectivity index (χ1v) is 6.92. The van der Waals surface area contributed by atoms with E-state index in [-0.39, 0.29) is 0 Å². The Morgan fingerprint density at radius 1 is 0.810 bits per heavy atom. The lowest BCUT2D eigenvalue weighted by Crippen LogP contribution is -2.17. The van der Waals surface area contributed by atoms with E-state index in [2.05, 4.69) is 35.0 Å². The van der Waals surface area contributed by atoms with Gasteiger partial charge in [0.2, 0.25) is 0 Å². The van der Waals surface area contributed by atoms with Crippen molar-refractivity contribution in [3.8, 4) is 11.5 Å². The van der Waals surface area contributed by atoms with Gasteiger partial charge in [0.25, 0.3) is 0 Å². The fourth-order valence-electron chi connectivity index (χ4n) is 2.64. The smallest absolute Gasteiger partial charge is 0.151 e. The van der Waals surface area contributed by atoms with Crippen molar-refractivity contribution in [2.24, 2.45) is 0 Å². The summed E-state index contributed by atoms with van der Waals surface area (Å²) >= 11 is 0. The van der Waals surface area contributed by atoms with E-state index in [4.69, 9.17) is 4.74 Å². The number of aromatic nitrogens is 1. The van der Waals surface area contributed by atoms with Crippen LogP contribution in [-0.4, -0.2) is 4.98 Å². The number of anilines is 3. The van der Waals surface area contributed by atoms with Gasteiger partial charge in [0.05, 0.1) is 11.4 Å². The van der Waals surface area contributed by atoms with Crippen LogP contribution in [-0.2, 0) is 0 Å². The lowest BCUT2D eigenvalue weighted by atomic mass is 10.1. The van der Waals surface area contributed by atoms with Crippen LogP contribution in [0.15, 0.2) is 66.9 Å². The maximum Gasteiger partial charge on any atom is 0.151 e. The van der Waals surface area contributed by atoms with Gasteiger partial charge in [0.1, 0.15) is 5.82 Å². The third-order valence-electron chi connectivity index (χ3n) is 3.63. The zero-order valence-corrected chi connectivity index (χ0v) is 11.7. The van der Waals surface area contributed by atoms with Crippen LogP contribution in [0.5, 0.6) is 11.5 Å². The zero-order chi connectivity index (χ0) is 14.2. The molecule has 0 aliphatic carbocycles. The highest BCUT2D eigenvalue weighted by molar-refractivity contribution is 5.85. The molecule has 0 amide bonds. The van der Waals surface area contributed by atoms with Gasteiger partial charge in [-0.1, -0.05) is 30.3 Å². The SMILES string of the molecule is Cc1cccnc1N1c2ccccc2Oc2ccccc21. The minimum absolute atomic E-state index is 0.848. The average Bonchev–Trinajstić information content (AvgIpc) is 2.53. The molecule has 0 radical (unpaired) electrons. The van der Waals surface area contributed by atoms with E-state index in [1.54, 1.807) is 0 Å². The van der Waals surface area contributed by atoms with E-state index in [9.17, 15) is 0 Å². The number of nitrogens with zero attached hydrogens (tertiary/aromatic N) is 2. The van der Waals surface area contributed by atoms with Gasteiger partial charge in [0, 0.05) is 6.20 Å². The van der Waals surface area contributed by atoms with Gasteiger partial charge in [0.15, 0.2) is 11.5 Å². The molecule has 0 atom stereocenters. The summed E-state index contributed by atoms with van der Waals surface area (Å²) in [5.74, 6) is 2.63.